The minimum atomic E-state index is -0.556. The fourth-order valence-corrected chi connectivity index (χ4v) is 2.33. The van der Waals surface area contributed by atoms with E-state index in [4.69, 9.17) is 16.3 Å². The Balaban J connectivity index is 2.20. The summed E-state index contributed by atoms with van der Waals surface area (Å²) < 4.78 is 5.84. The highest BCUT2D eigenvalue weighted by atomic mass is 35.5. The predicted octanol–water partition coefficient (Wildman–Crippen LogP) is 4.59. The van der Waals surface area contributed by atoms with Gasteiger partial charge in [-0.3, -0.25) is 0 Å². The van der Waals surface area contributed by atoms with Crippen molar-refractivity contribution in [1.29, 1.82) is 0 Å². The molecule has 106 valence electrons. The lowest BCUT2D eigenvalue weighted by atomic mass is 10.1. The van der Waals surface area contributed by atoms with Crippen LogP contribution in [0.1, 0.15) is 35.3 Å². The zero-order valence-electron chi connectivity index (χ0n) is 12.0. The molecule has 2 rings (SSSR count). The Kier molecular flexibility index (Phi) is 4.69. The van der Waals surface area contributed by atoms with Crippen molar-refractivity contribution in [2.45, 2.75) is 33.5 Å². The predicted molar refractivity (Wildman–Crippen MR) is 82.3 cm³/mol. The average Bonchev–Trinajstić information content (AvgIpc) is 2.37. The Labute approximate surface area is 125 Å². The standard InChI is InChI=1S/C17H19ClO2/c1-11-4-6-14(16(18)8-11)10-20-17-9-12(2)5-7-15(17)13(3)19/h4-9,13,19H,10H2,1-3H3. The van der Waals surface area contributed by atoms with Crippen molar-refractivity contribution >= 4 is 11.6 Å². The molecule has 0 heterocycles. The van der Waals surface area contributed by atoms with Gasteiger partial charge in [0.05, 0.1) is 6.10 Å². The molecule has 0 aliphatic heterocycles. The van der Waals surface area contributed by atoms with Gasteiger partial charge in [-0.25, -0.2) is 0 Å². The van der Waals surface area contributed by atoms with Crippen LogP contribution in [0.2, 0.25) is 5.02 Å². The molecule has 2 aromatic carbocycles. The fraction of sp³-hybridized carbons (Fsp3) is 0.294. The number of aliphatic hydroxyl groups is 1. The number of rotatable bonds is 4. The fourth-order valence-electron chi connectivity index (χ4n) is 2.04. The van der Waals surface area contributed by atoms with Gasteiger partial charge in [-0.1, -0.05) is 35.9 Å². The van der Waals surface area contributed by atoms with Crippen LogP contribution < -0.4 is 4.74 Å². The molecule has 1 N–H and O–H groups in total. The van der Waals surface area contributed by atoms with Gasteiger partial charge >= 0.3 is 0 Å². The van der Waals surface area contributed by atoms with Crippen molar-refractivity contribution < 1.29 is 9.84 Å². The zero-order chi connectivity index (χ0) is 14.7. The molecule has 0 amide bonds. The number of benzene rings is 2. The van der Waals surface area contributed by atoms with Crippen LogP contribution in [-0.2, 0) is 6.61 Å². The summed E-state index contributed by atoms with van der Waals surface area (Å²) in [6.45, 7) is 6.12. The molecule has 0 saturated heterocycles. The highest BCUT2D eigenvalue weighted by Crippen LogP contribution is 2.28. The first kappa shape index (κ1) is 14.9. The van der Waals surface area contributed by atoms with Gasteiger partial charge in [-0.05, 0) is 44.0 Å². The van der Waals surface area contributed by atoms with E-state index < -0.39 is 6.10 Å². The number of hydrogen-bond donors (Lipinski definition) is 1. The molecule has 2 nitrogen and oxygen atoms in total. The monoisotopic (exact) mass is 290 g/mol. The molecule has 2 aromatic rings. The van der Waals surface area contributed by atoms with E-state index in [1.54, 1.807) is 6.92 Å². The molecule has 0 fully saturated rings. The third kappa shape index (κ3) is 3.53. The van der Waals surface area contributed by atoms with Gasteiger partial charge in [0.15, 0.2) is 0 Å². The molecule has 1 atom stereocenters. The first-order valence-electron chi connectivity index (χ1n) is 6.64. The summed E-state index contributed by atoms with van der Waals surface area (Å²) in [5.41, 5.74) is 3.95. The van der Waals surface area contributed by atoms with E-state index in [2.05, 4.69) is 0 Å². The van der Waals surface area contributed by atoms with Gasteiger partial charge in [0, 0.05) is 16.1 Å². The van der Waals surface area contributed by atoms with E-state index in [0.717, 1.165) is 22.3 Å². The van der Waals surface area contributed by atoms with Crippen molar-refractivity contribution in [2.75, 3.05) is 0 Å². The highest BCUT2D eigenvalue weighted by molar-refractivity contribution is 6.31. The van der Waals surface area contributed by atoms with Gasteiger partial charge in [0.2, 0.25) is 0 Å². The third-order valence-corrected chi connectivity index (χ3v) is 3.56. The van der Waals surface area contributed by atoms with E-state index in [0.29, 0.717) is 17.4 Å². The van der Waals surface area contributed by atoms with Crippen LogP contribution in [0.5, 0.6) is 5.75 Å². The van der Waals surface area contributed by atoms with Gasteiger partial charge in [-0.15, -0.1) is 0 Å². The molecule has 0 aromatic heterocycles. The summed E-state index contributed by atoms with van der Waals surface area (Å²) in [5.74, 6) is 0.705. The maximum Gasteiger partial charge on any atom is 0.125 e. The smallest absolute Gasteiger partial charge is 0.125 e. The lowest BCUT2D eigenvalue weighted by molar-refractivity contribution is 0.190. The average molecular weight is 291 g/mol. The zero-order valence-corrected chi connectivity index (χ0v) is 12.7. The van der Waals surface area contributed by atoms with E-state index in [-0.39, 0.29) is 0 Å². The van der Waals surface area contributed by atoms with Crippen molar-refractivity contribution in [1.82, 2.24) is 0 Å². The quantitative estimate of drug-likeness (QED) is 0.892. The second-order valence-electron chi connectivity index (χ2n) is 5.10. The number of halogens is 1. The summed E-state index contributed by atoms with van der Waals surface area (Å²) in [6, 6.07) is 11.7. The molecular weight excluding hydrogens is 272 g/mol. The second-order valence-corrected chi connectivity index (χ2v) is 5.51. The van der Waals surface area contributed by atoms with E-state index in [9.17, 15) is 5.11 Å². The maximum atomic E-state index is 9.78. The minimum Gasteiger partial charge on any atom is -0.488 e. The number of aliphatic hydroxyl groups excluding tert-OH is 1. The lowest BCUT2D eigenvalue weighted by Gasteiger charge is -2.15. The molecule has 0 spiro atoms. The molecule has 0 aliphatic carbocycles. The SMILES string of the molecule is Cc1ccc(COc2cc(C)ccc2C(C)O)c(Cl)c1. The summed E-state index contributed by atoms with van der Waals surface area (Å²) in [4.78, 5) is 0. The largest absolute Gasteiger partial charge is 0.488 e. The van der Waals surface area contributed by atoms with Crippen molar-refractivity contribution in [3.63, 3.8) is 0 Å². The van der Waals surface area contributed by atoms with Crippen LogP contribution in [0.3, 0.4) is 0 Å². The minimum absolute atomic E-state index is 0.391. The molecule has 3 heteroatoms. The molecule has 0 saturated carbocycles. The topological polar surface area (TPSA) is 29.5 Å². The molecule has 1 unspecified atom stereocenters. The number of hydrogen-bond acceptors (Lipinski definition) is 2. The van der Waals surface area contributed by atoms with E-state index in [1.807, 2.05) is 50.2 Å². The Morgan fingerprint density at radius 1 is 1.10 bits per heavy atom. The molecule has 0 bridgehead atoms. The van der Waals surface area contributed by atoms with Crippen LogP contribution in [0.15, 0.2) is 36.4 Å². The second kappa shape index (κ2) is 6.29. The van der Waals surface area contributed by atoms with Crippen LogP contribution in [-0.4, -0.2) is 5.11 Å². The Hall–Kier alpha value is -1.51. The van der Waals surface area contributed by atoms with Crippen LogP contribution in [0.25, 0.3) is 0 Å². The van der Waals surface area contributed by atoms with Gasteiger partial charge in [0.25, 0.3) is 0 Å². The van der Waals surface area contributed by atoms with Gasteiger partial charge in [-0.2, -0.15) is 0 Å². The molecule has 0 aliphatic rings. The van der Waals surface area contributed by atoms with Gasteiger partial charge < -0.3 is 9.84 Å². The Morgan fingerprint density at radius 2 is 1.75 bits per heavy atom. The summed E-state index contributed by atoms with van der Waals surface area (Å²) in [5, 5.41) is 10.5. The molecule has 20 heavy (non-hydrogen) atoms. The summed E-state index contributed by atoms with van der Waals surface area (Å²) in [6.07, 6.45) is -0.556. The van der Waals surface area contributed by atoms with Gasteiger partial charge in [0.1, 0.15) is 12.4 Å². The van der Waals surface area contributed by atoms with Crippen LogP contribution in [0, 0.1) is 13.8 Å². The molecular formula is C17H19ClO2. The maximum absolute atomic E-state index is 9.78. The normalized spacial score (nSPS) is 12.2. The number of aryl methyl sites for hydroxylation is 2. The molecule has 0 radical (unpaired) electrons. The van der Waals surface area contributed by atoms with Crippen LogP contribution >= 0.6 is 11.6 Å². The summed E-state index contributed by atoms with van der Waals surface area (Å²) in [7, 11) is 0. The van der Waals surface area contributed by atoms with Crippen molar-refractivity contribution in [3.05, 3.63) is 63.7 Å². The Morgan fingerprint density at radius 3 is 2.40 bits per heavy atom. The third-order valence-electron chi connectivity index (χ3n) is 3.21. The van der Waals surface area contributed by atoms with Crippen molar-refractivity contribution in [2.24, 2.45) is 0 Å². The first-order valence-corrected chi connectivity index (χ1v) is 7.01. The van der Waals surface area contributed by atoms with E-state index >= 15 is 0 Å². The Bertz CT molecular complexity index is 606. The van der Waals surface area contributed by atoms with Crippen LogP contribution in [0.4, 0.5) is 0 Å². The van der Waals surface area contributed by atoms with E-state index in [1.165, 1.54) is 0 Å². The number of ether oxygens (including phenoxy) is 1. The summed E-state index contributed by atoms with van der Waals surface area (Å²) >= 11 is 6.20. The first-order chi connectivity index (χ1) is 9.47. The van der Waals surface area contributed by atoms with Crippen molar-refractivity contribution in [3.8, 4) is 5.75 Å². The highest BCUT2D eigenvalue weighted by Gasteiger charge is 2.10. The lowest BCUT2D eigenvalue weighted by Crippen LogP contribution is -2.02.